The predicted molar refractivity (Wildman–Crippen MR) is 78.1 cm³/mol. The van der Waals surface area contributed by atoms with E-state index >= 15 is 0 Å². The highest BCUT2D eigenvalue weighted by Crippen LogP contribution is 2.24. The fraction of sp³-hybridized carbons (Fsp3) is 0.312. The van der Waals surface area contributed by atoms with Gasteiger partial charge in [-0.25, -0.2) is 9.59 Å². The van der Waals surface area contributed by atoms with Crippen LogP contribution >= 0.6 is 0 Å². The van der Waals surface area contributed by atoms with E-state index in [1.54, 1.807) is 6.92 Å². The Bertz CT molecular complexity index is 685. The molecule has 0 unspecified atom stereocenters. The Kier molecular flexibility index (Phi) is 4.60. The minimum atomic E-state index is -0.534. The van der Waals surface area contributed by atoms with Gasteiger partial charge in [-0.3, -0.25) is 0 Å². The van der Waals surface area contributed by atoms with Crippen LogP contribution in [-0.4, -0.2) is 24.2 Å². The van der Waals surface area contributed by atoms with Crippen molar-refractivity contribution in [2.45, 2.75) is 26.7 Å². The minimum Gasteiger partial charge on any atom is -0.465 e. The molecule has 0 fully saturated rings. The first-order valence-corrected chi connectivity index (χ1v) is 6.80. The van der Waals surface area contributed by atoms with Crippen LogP contribution in [0.1, 0.15) is 51.9 Å². The van der Waals surface area contributed by atoms with Crippen molar-refractivity contribution in [3.05, 3.63) is 46.8 Å². The van der Waals surface area contributed by atoms with Gasteiger partial charge in [-0.2, -0.15) is 0 Å². The van der Waals surface area contributed by atoms with Crippen molar-refractivity contribution in [2.75, 3.05) is 7.11 Å². The van der Waals surface area contributed by atoms with Crippen molar-refractivity contribution in [1.29, 1.82) is 0 Å². The Morgan fingerprint density at radius 1 is 1.14 bits per heavy atom. The molecule has 1 heterocycles. The SMILES string of the molecule is COC(=O)c1ccc(OC(=O)c2c(C)noc2C(C)C)cc1. The Balaban J connectivity index is 2.19. The van der Waals surface area contributed by atoms with E-state index in [0.29, 0.717) is 28.3 Å². The van der Waals surface area contributed by atoms with E-state index in [4.69, 9.17) is 9.26 Å². The molecule has 0 saturated carbocycles. The van der Waals surface area contributed by atoms with Gasteiger partial charge in [-0.15, -0.1) is 0 Å². The van der Waals surface area contributed by atoms with Crippen LogP contribution in [0.3, 0.4) is 0 Å². The molecule has 22 heavy (non-hydrogen) atoms. The summed E-state index contributed by atoms with van der Waals surface area (Å²) in [5.74, 6) is -0.143. The predicted octanol–water partition coefficient (Wildman–Crippen LogP) is 3.11. The number of carbonyl (C=O) groups is 2. The average Bonchev–Trinajstić information content (AvgIpc) is 2.89. The third-order valence-electron chi connectivity index (χ3n) is 3.10. The van der Waals surface area contributed by atoms with Gasteiger partial charge < -0.3 is 14.0 Å². The van der Waals surface area contributed by atoms with Crippen LogP contribution in [0, 0.1) is 6.92 Å². The number of carbonyl (C=O) groups excluding carboxylic acids is 2. The van der Waals surface area contributed by atoms with E-state index in [1.165, 1.54) is 31.4 Å². The highest BCUT2D eigenvalue weighted by atomic mass is 16.5. The molecule has 0 saturated heterocycles. The number of esters is 2. The van der Waals surface area contributed by atoms with E-state index in [0.717, 1.165) is 0 Å². The van der Waals surface area contributed by atoms with Crippen LogP contribution in [0.2, 0.25) is 0 Å². The highest BCUT2D eigenvalue weighted by molar-refractivity contribution is 5.93. The van der Waals surface area contributed by atoms with Crippen molar-refractivity contribution in [1.82, 2.24) is 5.16 Å². The van der Waals surface area contributed by atoms with Gasteiger partial charge in [0.15, 0.2) is 5.76 Å². The van der Waals surface area contributed by atoms with Crippen LogP contribution < -0.4 is 4.74 Å². The number of hydrogen-bond donors (Lipinski definition) is 0. The molecule has 116 valence electrons. The van der Waals surface area contributed by atoms with E-state index in [9.17, 15) is 9.59 Å². The number of ether oxygens (including phenoxy) is 2. The topological polar surface area (TPSA) is 78.6 Å². The molecule has 0 atom stereocenters. The molecule has 0 N–H and O–H groups in total. The summed E-state index contributed by atoms with van der Waals surface area (Å²) in [7, 11) is 1.30. The van der Waals surface area contributed by atoms with Crippen LogP contribution in [0.4, 0.5) is 0 Å². The van der Waals surface area contributed by atoms with E-state index in [2.05, 4.69) is 9.89 Å². The summed E-state index contributed by atoms with van der Waals surface area (Å²) >= 11 is 0. The van der Waals surface area contributed by atoms with Gasteiger partial charge in [0.2, 0.25) is 0 Å². The molecule has 6 nitrogen and oxygen atoms in total. The second-order valence-electron chi connectivity index (χ2n) is 5.07. The Hall–Kier alpha value is -2.63. The minimum absolute atomic E-state index is 0.0189. The molecule has 6 heteroatoms. The van der Waals surface area contributed by atoms with Gasteiger partial charge >= 0.3 is 11.9 Å². The van der Waals surface area contributed by atoms with Crippen molar-refractivity contribution in [3.8, 4) is 5.75 Å². The van der Waals surface area contributed by atoms with Gasteiger partial charge in [-0.05, 0) is 31.2 Å². The van der Waals surface area contributed by atoms with Gasteiger partial charge in [0, 0.05) is 5.92 Å². The van der Waals surface area contributed by atoms with Crippen molar-refractivity contribution < 1.29 is 23.6 Å². The summed E-state index contributed by atoms with van der Waals surface area (Å²) in [4.78, 5) is 23.6. The fourth-order valence-electron chi connectivity index (χ4n) is 1.96. The normalized spacial score (nSPS) is 10.6. The lowest BCUT2D eigenvalue weighted by Crippen LogP contribution is -2.12. The third-order valence-corrected chi connectivity index (χ3v) is 3.10. The molecule has 0 spiro atoms. The quantitative estimate of drug-likeness (QED) is 0.638. The maximum Gasteiger partial charge on any atom is 0.349 e. The number of rotatable bonds is 4. The Labute approximate surface area is 128 Å². The van der Waals surface area contributed by atoms with Gasteiger partial charge in [0.25, 0.3) is 0 Å². The number of methoxy groups -OCH3 is 1. The fourth-order valence-corrected chi connectivity index (χ4v) is 1.96. The van der Waals surface area contributed by atoms with Gasteiger partial charge in [-0.1, -0.05) is 19.0 Å². The summed E-state index contributed by atoms with van der Waals surface area (Å²) in [6.07, 6.45) is 0. The first-order valence-electron chi connectivity index (χ1n) is 6.80. The first kappa shape index (κ1) is 15.8. The maximum absolute atomic E-state index is 12.3. The average molecular weight is 303 g/mol. The second kappa shape index (κ2) is 6.43. The summed E-state index contributed by atoms with van der Waals surface area (Å²) in [5, 5.41) is 3.81. The number of aromatic nitrogens is 1. The summed E-state index contributed by atoms with van der Waals surface area (Å²) in [6, 6.07) is 6.11. The highest BCUT2D eigenvalue weighted by Gasteiger charge is 2.24. The summed E-state index contributed by atoms with van der Waals surface area (Å²) < 4.78 is 15.1. The number of aryl methyl sites for hydroxylation is 1. The molecule has 0 aliphatic heterocycles. The molecule has 1 aromatic heterocycles. The smallest absolute Gasteiger partial charge is 0.349 e. The largest absolute Gasteiger partial charge is 0.465 e. The maximum atomic E-state index is 12.3. The molecule has 2 aromatic rings. The van der Waals surface area contributed by atoms with E-state index < -0.39 is 11.9 Å². The zero-order chi connectivity index (χ0) is 16.3. The van der Waals surface area contributed by atoms with Crippen LogP contribution in [-0.2, 0) is 4.74 Å². The molecule has 0 radical (unpaired) electrons. The van der Waals surface area contributed by atoms with Crippen LogP contribution in [0.15, 0.2) is 28.8 Å². The Morgan fingerprint density at radius 2 is 1.77 bits per heavy atom. The lowest BCUT2D eigenvalue weighted by atomic mass is 10.1. The molecule has 0 amide bonds. The standard InChI is InChI=1S/C16H17NO5/c1-9(2)14-13(10(3)17-22-14)16(19)21-12-7-5-11(6-8-12)15(18)20-4/h5-9H,1-4H3. The number of hydrogen-bond acceptors (Lipinski definition) is 6. The monoisotopic (exact) mass is 303 g/mol. The van der Waals surface area contributed by atoms with Gasteiger partial charge in [0.1, 0.15) is 11.3 Å². The second-order valence-corrected chi connectivity index (χ2v) is 5.07. The van der Waals surface area contributed by atoms with Crippen molar-refractivity contribution >= 4 is 11.9 Å². The third kappa shape index (κ3) is 3.16. The number of nitrogens with zero attached hydrogens (tertiary/aromatic N) is 1. The lowest BCUT2D eigenvalue weighted by molar-refractivity contribution is 0.0600. The zero-order valence-electron chi connectivity index (χ0n) is 12.9. The van der Waals surface area contributed by atoms with E-state index in [-0.39, 0.29) is 5.92 Å². The summed E-state index contributed by atoms with van der Waals surface area (Å²) in [5.41, 5.74) is 1.21. The van der Waals surface area contributed by atoms with Crippen molar-refractivity contribution in [3.63, 3.8) is 0 Å². The molecule has 2 rings (SSSR count). The van der Waals surface area contributed by atoms with Gasteiger partial charge in [0.05, 0.1) is 18.4 Å². The molecule has 1 aromatic carbocycles. The molecular formula is C16H17NO5. The summed E-state index contributed by atoms with van der Waals surface area (Å²) in [6.45, 7) is 5.50. The first-order chi connectivity index (χ1) is 10.4. The van der Waals surface area contributed by atoms with Crippen molar-refractivity contribution in [2.24, 2.45) is 0 Å². The van der Waals surface area contributed by atoms with E-state index in [1.807, 2.05) is 13.8 Å². The molecule has 0 aliphatic carbocycles. The molecular weight excluding hydrogens is 286 g/mol. The zero-order valence-corrected chi connectivity index (χ0v) is 12.9. The molecule has 0 bridgehead atoms. The number of benzene rings is 1. The molecule has 0 aliphatic rings. The van der Waals surface area contributed by atoms with Crippen LogP contribution in [0.25, 0.3) is 0 Å². The lowest BCUT2D eigenvalue weighted by Gasteiger charge is -2.07. The van der Waals surface area contributed by atoms with Crippen LogP contribution in [0.5, 0.6) is 5.75 Å². The Morgan fingerprint density at radius 3 is 2.32 bits per heavy atom.